The molecule has 2 fully saturated rings. The molecule has 0 radical (unpaired) electrons. The number of nitrogens with one attached hydrogen (secondary N) is 2. The Morgan fingerprint density at radius 2 is 1.80 bits per heavy atom. The third-order valence-electron chi connectivity index (χ3n) is 6.51. The van der Waals surface area contributed by atoms with Crippen molar-refractivity contribution in [1.29, 1.82) is 0 Å². The highest BCUT2D eigenvalue weighted by Gasteiger charge is 2.31. The van der Waals surface area contributed by atoms with Gasteiger partial charge in [0.2, 0.25) is 0 Å². The van der Waals surface area contributed by atoms with E-state index in [1.165, 1.54) is 18.6 Å². The zero-order valence-corrected chi connectivity index (χ0v) is 18.9. The van der Waals surface area contributed by atoms with Gasteiger partial charge in [-0.3, -0.25) is 14.3 Å². The SMILES string of the molecule is O=C(Nc1ccc(OC(F)(F)F)cc1)c1c(-c2cnn(C3CC3)c2)cc(C2CCCCC2)[nH]c1=O. The number of amides is 1. The Labute approximate surface area is 199 Å². The number of halogens is 3. The maximum atomic E-state index is 13.2. The summed E-state index contributed by atoms with van der Waals surface area (Å²) in [5, 5.41) is 7.03. The monoisotopic (exact) mass is 486 g/mol. The van der Waals surface area contributed by atoms with E-state index in [0.29, 0.717) is 17.2 Å². The number of ether oxygens (including phenoxy) is 1. The second-order valence-electron chi connectivity index (χ2n) is 9.14. The third-order valence-corrected chi connectivity index (χ3v) is 6.51. The zero-order valence-electron chi connectivity index (χ0n) is 18.9. The molecular weight excluding hydrogens is 461 g/mol. The number of nitrogens with zero attached hydrogens (tertiary/aromatic N) is 2. The van der Waals surface area contributed by atoms with Gasteiger partial charge in [-0.15, -0.1) is 13.2 Å². The van der Waals surface area contributed by atoms with E-state index in [-0.39, 0.29) is 17.2 Å². The van der Waals surface area contributed by atoms with Gasteiger partial charge in [0.15, 0.2) is 0 Å². The number of hydrogen-bond acceptors (Lipinski definition) is 4. The summed E-state index contributed by atoms with van der Waals surface area (Å²) < 4.78 is 42.9. The van der Waals surface area contributed by atoms with Crippen molar-refractivity contribution in [3.05, 3.63) is 64.3 Å². The van der Waals surface area contributed by atoms with Crippen LogP contribution >= 0.6 is 0 Å². The minimum Gasteiger partial charge on any atom is -0.406 e. The second kappa shape index (κ2) is 9.24. The summed E-state index contributed by atoms with van der Waals surface area (Å²) in [4.78, 5) is 29.3. The molecule has 184 valence electrons. The summed E-state index contributed by atoms with van der Waals surface area (Å²) in [6.07, 6.45) is 6.14. The molecule has 0 spiro atoms. The molecule has 5 rings (SSSR count). The van der Waals surface area contributed by atoms with Crippen molar-refractivity contribution in [2.24, 2.45) is 0 Å². The van der Waals surface area contributed by atoms with Crippen molar-refractivity contribution >= 4 is 11.6 Å². The number of H-pyrrole nitrogens is 1. The lowest BCUT2D eigenvalue weighted by atomic mass is 9.85. The standard InChI is InChI=1S/C25H25F3N4O3/c26-25(27,28)35-19-10-6-17(7-11-19)30-23(33)22-20(16-13-29-32(14-16)18-8-9-18)12-21(31-24(22)34)15-4-2-1-3-5-15/h6-7,10-15,18H,1-5,8-9H2,(H,30,33)(H,31,34). The highest BCUT2D eigenvalue weighted by molar-refractivity contribution is 6.08. The minimum atomic E-state index is -4.81. The quantitative estimate of drug-likeness (QED) is 0.463. The average Bonchev–Trinajstić information content (AvgIpc) is 3.56. The first-order valence-corrected chi connectivity index (χ1v) is 11.8. The Morgan fingerprint density at radius 1 is 1.09 bits per heavy atom. The number of alkyl halides is 3. The number of anilines is 1. The first-order valence-electron chi connectivity index (χ1n) is 11.8. The van der Waals surface area contributed by atoms with Gasteiger partial charge in [-0.05, 0) is 61.9 Å². The highest BCUT2D eigenvalue weighted by Crippen LogP contribution is 2.37. The normalized spacial score (nSPS) is 16.8. The number of carbonyl (C=O) groups is 1. The van der Waals surface area contributed by atoms with Crippen molar-refractivity contribution in [3.63, 3.8) is 0 Å². The molecule has 2 saturated carbocycles. The van der Waals surface area contributed by atoms with Gasteiger partial charge in [-0.1, -0.05) is 19.3 Å². The Bertz CT molecular complexity index is 1270. The van der Waals surface area contributed by atoms with Gasteiger partial charge in [0.1, 0.15) is 11.3 Å². The van der Waals surface area contributed by atoms with Crippen LogP contribution in [0, 0.1) is 0 Å². The highest BCUT2D eigenvalue weighted by atomic mass is 19.4. The molecule has 1 aromatic carbocycles. The van der Waals surface area contributed by atoms with Gasteiger partial charge in [0.25, 0.3) is 11.5 Å². The molecule has 7 nitrogen and oxygen atoms in total. The summed E-state index contributed by atoms with van der Waals surface area (Å²) in [6.45, 7) is 0. The van der Waals surface area contributed by atoms with Gasteiger partial charge in [0, 0.05) is 28.7 Å². The van der Waals surface area contributed by atoms with Gasteiger partial charge < -0.3 is 15.0 Å². The summed E-state index contributed by atoms with van der Waals surface area (Å²) in [5.41, 5.74) is 1.66. The number of pyridine rings is 1. The van der Waals surface area contributed by atoms with E-state index in [2.05, 4.69) is 20.1 Å². The molecule has 2 aliphatic carbocycles. The van der Waals surface area contributed by atoms with Crippen LogP contribution in [-0.4, -0.2) is 27.0 Å². The summed E-state index contributed by atoms with van der Waals surface area (Å²) >= 11 is 0. The maximum absolute atomic E-state index is 13.2. The van der Waals surface area contributed by atoms with Gasteiger partial charge in [-0.25, -0.2) is 0 Å². The van der Waals surface area contributed by atoms with Crippen LogP contribution in [0.3, 0.4) is 0 Å². The van der Waals surface area contributed by atoms with Crippen LogP contribution in [0.4, 0.5) is 18.9 Å². The van der Waals surface area contributed by atoms with Crippen LogP contribution in [0.25, 0.3) is 11.1 Å². The minimum absolute atomic E-state index is 0.0597. The lowest BCUT2D eigenvalue weighted by Gasteiger charge is -2.22. The van der Waals surface area contributed by atoms with Crippen LogP contribution in [-0.2, 0) is 0 Å². The van der Waals surface area contributed by atoms with E-state index in [9.17, 15) is 22.8 Å². The van der Waals surface area contributed by atoms with E-state index in [0.717, 1.165) is 56.4 Å². The van der Waals surface area contributed by atoms with Crippen LogP contribution in [0.5, 0.6) is 5.75 Å². The Kier molecular flexibility index (Phi) is 6.12. The Hall–Kier alpha value is -3.56. The molecule has 2 heterocycles. The fourth-order valence-electron chi connectivity index (χ4n) is 4.62. The lowest BCUT2D eigenvalue weighted by molar-refractivity contribution is -0.274. The first kappa shape index (κ1) is 23.2. The number of aromatic nitrogens is 3. The van der Waals surface area contributed by atoms with Crippen molar-refractivity contribution in [2.45, 2.75) is 63.3 Å². The lowest BCUT2D eigenvalue weighted by Crippen LogP contribution is -2.26. The molecule has 0 atom stereocenters. The number of hydrogen-bond donors (Lipinski definition) is 2. The van der Waals surface area contributed by atoms with E-state index in [4.69, 9.17) is 0 Å². The molecule has 0 bridgehead atoms. The van der Waals surface area contributed by atoms with Gasteiger partial charge in [0.05, 0.1) is 12.2 Å². The molecule has 0 unspecified atom stereocenters. The molecule has 3 aromatic rings. The van der Waals surface area contributed by atoms with E-state index < -0.39 is 23.6 Å². The van der Waals surface area contributed by atoms with Crippen LogP contribution in [0.15, 0.2) is 47.5 Å². The predicted octanol–water partition coefficient (Wildman–Crippen LogP) is 5.77. The van der Waals surface area contributed by atoms with Gasteiger partial charge >= 0.3 is 6.36 Å². The molecule has 35 heavy (non-hydrogen) atoms. The molecule has 2 aliphatic rings. The number of benzene rings is 1. The van der Waals surface area contributed by atoms with Crippen LogP contribution in [0.1, 0.15) is 73.0 Å². The van der Waals surface area contributed by atoms with E-state index >= 15 is 0 Å². The zero-order chi connectivity index (χ0) is 24.6. The summed E-state index contributed by atoms with van der Waals surface area (Å²) in [6, 6.07) is 6.99. The fourth-order valence-corrected chi connectivity index (χ4v) is 4.62. The molecule has 0 saturated heterocycles. The Morgan fingerprint density at radius 3 is 2.46 bits per heavy atom. The summed E-state index contributed by atoms with van der Waals surface area (Å²) in [5.74, 6) is -0.828. The molecule has 10 heteroatoms. The van der Waals surface area contributed by atoms with Crippen molar-refractivity contribution in [3.8, 4) is 16.9 Å². The molecular formula is C25H25F3N4O3. The number of rotatable bonds is 6. The molecule has 1 amide bonds. The smallest absolute Gasteiger partial charge is 0.406 e. The Balaban J connectivity index is 1.46. The summed E-state index contributed by atoms with van der Waals surface area (Å²) in [7, 11) is 0. The molecule has 2 aromatic heterocycles. The largest absolute Gasteiger partial charge is 0.573 e. The van der Waals surface area contributed by atoms with Gasteiger partial charge in [-0.2, -0.15) is 5.10 Å². The predicted molar refractivity (Wildman–Crippen MR) is 123 cm³/mol. The molecule has 2 N–H and O–H groups in total. The number of aromatic amines is 1. The van der Waals surface area contributed by atoms with Crippen molar-refractivity contribution in [1.82, 2.24) is 14.8 Å². The fraction of sp³-hybridized carbons (Fsp3) is 0.400. The molecule has 0 aliphatic heterocycles. The topological polar surface area (TPSA) is 89.0 Å². The van der Waals surface area contributed by atoms with E-state index in [1.54, 1.807) is 6.20 Å². The first-order chi connectivity index (χ1) is 16.8. The third kappa shape index (κ3) is 5.41. The second-order valence-corrected chi connectivity index (χ2v) is 9.14. The van der Waals surface area contributed by atoms with Crippen LogP contribution < -0.4 is 15.6 Å². The number of carbonyl (C=O) groups excluding carboxylic acids is 1. The van der Waals surface area contributed by atoms with Crippen molar-refractivity contribution in [2.75, 3.05) is 5.32 Å². The van der Waals surface area contributed by atoms with Crippen LogP contribution in [0.2, 0.25) is 0 Å². The average molecular weight is 486 g/mol. The maximum Gasteiger partial charge on any atom is 0.573 e. The van der Waals surface area contributed by atoms with E-state index in [1.807, 2.05) is 16.9 Å². The van der Waals surface area contributed by atoms with Crippen molar-refractivity contribution < 1.29 is 22.7 Å².